The highest BCUT2D eigenvalue weighted by molar-refractivity contribution is 5.61. The van der Waals surface area contributed by atoms with Gasteiger partial charge >= 0.3 is 0 Å². The molecule has 82 valence electrons. The van der Waals surface area contributed by atoms with Crippen molar-refractivity contribution in [2.45, 2.75) is 6.92 Å². The lowest BCUT2D eigenvalue weighted by Gasteiger charge is -2.05. The van der Waals surface area contributed by atoms with Gasteiger partial charge in [-0.1, -0.05) is 6.07 Å². The lowest BCUT2D eigenvalue weighted by Crippen LogP contribution is -1.98. The Labute approximate surface area is 91.0 Å². The van der Waals surface area contributed by atoms with Crippen molar-refractivity contribution < 1.29 is 8.78 Å². The molecule has 1 heterocycles. The number of aromatic nitrogens is 2. The number of halogens is 2. The Morgan fingerprint density at radius 2 is 1.88 bits per heavy atom. The van der Waals surface area contributed by atoms with E-state index in [1.807, 2.05) is 0 Å². The molecule has 16 heavy (non-hydrogen) atoms. The normalized spacial score (nSPS) is 10.4. The van der Waals surface area contributed by atoms with Crippen molar-refractivity contribution in [2.24, 2.45) is 0 Å². The summed E-state index contributed by atoms with van der Waals surface area (Å²) < 4.78 is 26.9. The van der Waals surface area contributed by atoms with Crippen LogP contribution in [0.3, 0.4) is 0 Å². The summed E-state index contributed by atoms with van der Waals surface area (Å²) >= 11 is 0. The minimum absolute atomic E-state index is 0.0258. The van der Waals surface area contributed by atoms with E-state index >= 15 is 0 Å². The zero-order valence-electron chi connectivity index (χ0n) is 8.54. The summed E-state index contributed by atoms with van der Waals surface area (Å²) in [6, 6.07) is 4.44. The molecule has 0 saturated carbocycles. The van der Waals surface area contributed by atoms with E-state index in [1.54, 1.807) is 0 Å². The monoisotopic (exact) mass is 221 g/mol. The number of rotatable bonds is 1. The van der Waals surface area contributed by atoms with Crippen molar-refractivity contribution in [1.82, 2.24) is 9.97 Å². The highest BCUT2D eigenvalue weighted by Crippen LogP contribution is 2.24. The second-order valence-corrected chi connectivity index (χ2v) is 3.36. The topological polar surface area (TPSA) is 51.8 Å². The Kier molecular flexibility index (Phi) is 2.52. The van der Waals surface area contributed by atoms with Gasteiger partial charge in [0.2, 0.25) is 5.95 Å². The average Bonchev–Trinajstić information content (AvgIpc) is 2.26. The molecule has 0 fully saturated rings. The first kappa shape index (κ1) is 10.5. The van der Waals surface area contributed by atoms with Gasteiger partial charge in [0.25, 0.3) is 0 Å². The SMILES string of the molecule is Cc1ccc(-c2ccnc(N)n2)c(F)c1F. The number of aryl methyl sites for hydroxylation is 1. The van der Waals surface area contributed by atoms with Crippen molar-refractivity contribution in [3.05, 3.63) is 41.6 Å². The fourth-order valence-corrected chi connectivity index (χ4v) is 1.37. The van der Waals surface area contributed by atoms with Crippen LogP contribution < -0.4 is 5.73 Å². The van der Waals surface area contributed by atoms with Crippen LogP contribution in [0.4, 0.5) is 14.7 Å². The number of benzene rings is 1. The van der Waals surface area contributed by atoms with Crippen LogP contribution in [0.5, 0.6) is 0 Å². The van der Waals surface area contributed by atoms with Crippen molar-refractivity contribution in [3.8, 4) is 11.3 Å². The van der Waals surface area contributed by atoms with Crippen LogP contribution in [0, 0.1) is 18.6 Å². The van der Waals surface area contributed by atoms with Gasteiger partial charge < -0.3 is 5.73 Å². The molecule has 0 aliphatic rings. The maximum absolute atomic E-state index is 13.6. The van der Waals surface area contributed by atoms with Crippen LogP contribution in [0.1, 0.15) is 5.56 Å². The van der Waals surface area contributed by atoms with E-state index in [2.05, 4.69) is 9.97 Å². The zero-order valence-corrected chi connectivity index (χ0v) is 8.54. The standard InChI is InChI=1S/C11H9F2N3/c1-6-2-3-7(10(13)9(6)12)8-4-5-15-11(14)16-8/h2-5H,1H3,(H2,14,15,16). The number of nitrogens with two attached hydrogens (primary N) is 1. The van der Waals surface area contributed by atoms with Crippen LogP contribution in [0.15, 0.2) is 24.4 Å². The lowest BCUT2D eigenvalue weighted by molar-refractivity contribution is 0.505. The minimum Gasteiger partial charge on any atom is -0.368 e. The first-order valence-electron chi connectivity index (χ1n) is 4.63. The molecular weight excluding hydrogens is 212 g/mol. The highest BCUT2D eigenvalue weighted by Gasteiger charge is 2.13. The third kappa shape index (κ3) is 1.71. The van der Waals surface area contributed by atoms with E-state index in [1.165, 1.54) is 31.3 Å². The Morgan fingerprint density at radius 1 is 1.12 bits per heavy atom. The molecule has 0 radical (unpaired) electrons. The molecule has 1 aromatic carbocycles. The van der Waals surface area contributed by atoms with Crippen LogP contribution in [-0.2, 0) is 0 Å². The van der Waals surface area contributed by atoms with Gasteiger partial charge in [-0.15, -0.1) is 0 Å². The molecule has 5 heteroatoms. The Balaban J connectivity index is 2.61. The molecule has 0 atom stereocenters. The Hall–Kier alpha value is -2.04. The molecule has 3 nitrogen and oxygen atoms in total. The predicted octanol–water partition coefficient (Wildman–Crippen LogP) is 2.31. The van der Waals surface area contributed by atoms with Gasteiger partial charge in [0.1, 0.15) is 0 Å². The third-order valence-electron chi connectivity index (χ3n) is 2.23. The smallest absolute Gasteiger partial charge is 0.220 e. The summed E-state index contributed by atoms with van der Waals surface area (Å²) in [5.41, 5.74) is 5.98. The van der Waals surface area contributed by atoms with Gasteiger partial charge in [-0.05, 0) is 24.6 Å². The van der Waals surface area contributed by atoms with E-state index in [-0.39, 0.29) is 22.8 Å². The molecular formula is C11H9F2N3. The van der Waals surface area contributed by atoms with Crippen molar-refractivity contribution in [2.75, 3.05) is 5.73 Å². The molecule has 0 saturated heterocycles. The molecule has 2 rings (SSSR count). The lowest BCUT2D eigenvalue weighted by atomic mass is 10.1. The second-order valence-electron chi connectivity index (χ2n) is 3.36. The summed E-state index contributed by atoms with van der Waals surface area (Å²) in [6.07, 6.45) is 1.40. The van der Waals surface area contributed by atoms with E-state index < -0.39 is 11.6 Å². The quantitative estimate of drug-likeness (QED) is 0.803. The molecule has 1 aromatic heterocycles. The first-order chi connectivity index (χ1) is 7.59. The van der Waals surface area contributed by atoms with E-state index in [0.717, 1.165) is 0 Å². The number of hydrogen-bond donors (Lipinski definition) is 1. The molecule has 0 aliphatic heterocycles. The fraction of sp³-hybridized carbons (Fsp3) is 0.0909. The largest absolute Gasteiger partial charge is 0.368 e. The van der Waals surface area contributed by atoms with Gasteiger partial charge in [-0.25, -0.2) is 18.7 Å². The van der Waals surface area contributed by atoms with Crippen molar-refractivity contribution >= 4 is 5.95 Å². The summed E-state index contributed by atoms with van der Waals surface area (Å²) in [5.74, 6) is -1.76. The fourth-order valence-electron chi connectivity index (χ4n) is 1.37. The molecule has 0 spiro atoms. The molecule has 0 unspecified atom stereocenters. The number of hydrogen-bond acceptors (Lipinski definition) is 3. The van der Waals surface area contributed by atoms with Crippen molar-refractivity contribution in [1.29, 1.82) is 0 Å². The molecule has 0 bridgehead atoms. The molecule has 2 aromatic rings. The summed E-state index contributed by atoms with van der Waals surface area (Å²) in [6.45, 7) is 1.50. The van der Waals surface area contributed by atoms with Crippen LogP contribution in [-0.4, -0.2) is 9.97 Å². The van der Waals surface area contributed by atoms with Crippen LogP contribution >= 0.6 is 0 Å². The van der Waals surface area contributed by atoms with Crippen molar-refractivity contribution in [3.63, 3.8) is 0 Å². The molecule has 0 aliphatic carbocycles. The summed E-state index contributed by atoms with van der Waals surface area (Å²) in [7, 11) is 0. The maximum Gasteiger partial charge on any atom is 0.220 e. The van der Waals surface area contributed by atoms with Gasteiger partial charge in [0.15, 0.2) is 11.6 Å². The number of nitrogens with zero attached hydrogens (tertiary/aromatic N) is 2. The Morgan fingerprint density at radius 3 is 2.56 bits per heavy atom. The highest BCUT2D eigenvalue weighted by atomic mass is 19.2. The Bertz CT molecular complexity index is 541. The zero-order chi connectivity index (χ0) is 11.7. The van der Waals surface area contributed by atoms with E-state index in [4.69, 9.17) is 5.73 Å². The first-order valence-corrected chi connectivity index (χ1v) is 4.63. The average molecular weight is 221 g/mol. The molecule has 2 N–H and O–H groups in total. The number of nitrogen functional groups attached to an aromatic ring is 1. The van der Waals surface area contributed by atoms with Gasteiger partial charge in [-0.2, -0.15) is 0 Å². The second kappa shape index (κ2) is 3.84. The van der Waals surface area contributed by atoms with E-state index in [9.17, 15) is 8.78 Å². The summed E-state index contributed by atoms with van der Waals surface area (Å²) in [4.78, 5) is 7.52. The summed E-state index contributed by atoms with van der Waals surface area (Å²) in [5, 5.41) is 0. The van der Waals surface area contributed by atoms with Gasteiger partial charge in [0.05, 0.1) is 5.69 Å². The van der Waals surface area contributed by atoms with Crippen LogP contribution in [0.25, 0.3) is 11.3 Å². The predicted molar refractivity (Wildman–Crippen MR) is 56.5 cm³/mol. The van der Waals surface area contributed by atoms with E-state index in [0.29, 0.717) is 0 Å². The van der Waals surface area contributed by atoms with Gasteiger partial charge in [-0.3, -0.25) is 0 Å². The molecule has 0 amide bonds. The third-order valence-corrected chi connectivity index (χ3v) is 2.23. The maximum atomic E-state index is 13.6. The number of anilines is 1. The van der Waals surface area contributed by atoms with Crippen LogP contribution in [0.2, 0.25) is 0 Å². The van der Waals surface area contributed by atoms with Gasteiger partial charge in [0, 0.05) is 11.8 Å². The minimum atomic E-state index is -0.918.